The Morgan fingerprint density at radius 1 is 1.19 bits per heavy atom. The van der Waals surface area contributed by atoms with Gasteiger partial charge >= 0.3 is 0 Å². The van der Waals surface area contributed by atoms with Gasteiger partial charge in [0.05, 0.1) is 13.7 Å². The monoisotopic (exact) mass is 210 g/mol. The number of aromatic nitrogens is 1. The molecule has 0 aliphatic heterocycles. The average Bonchev–Trinajstić information content (AvgIpc) is 2.39. The van der Waals surface area contributed by atoms with E-state index in [1.165, 1.54) is 0 Å². The van der Waals surface area contributed by atoms with Crippen molar-refractivity contribution in [3.63, 3.8) is 0 Å². The number of hydrogen-bond acceptors (Lipinski definition) is 2. The van der Waals surface area contributed by atoms with Crippen LogP contribution in [0.15, 0.2) is 42.6 Å². The highest BCUT2D eigenvalue weighted by Gasteiger charge is 2.04. The Morgan fingerprint density at radius 2 is 2.00 bits per heavy atom. The first-order valence-corrected chi connectivity index (χ1v) is 4.82. The van der Waals surface area contributed by atoms with Crippen molar-refractivity contribution < 1.29 is 4.74 Å². The molecule has 78 valence electrons. The van der Waals surface area contributed by atoms with Crippen LogP contribution in [0.1, 0.15) is 0 Å². The number of ether oxygens (including phenoxy) is 1. The third kappa shape index (κ3) is 1.86. The van der Waals surface area contributed by atoms with Crippen molar-refractivity contribution in [2.75, 3.05) is 7.11 Å². The lowest BCUT2D eigenvalue weighted by molar-refractivity contribution is 0.398. The van der Waals surface area contributed by atoms with Crippen LogP contribution in [0.25, 0.3) is 16.0 Å². The van der Waals surface area contributed by atoms with Gasteiger partial charge in [0.1, 0.15) is 0 Å². The predicted octanol–water partition coefficient (Wildman–Crippen LogP) is 3.31. The van der Waals surface area contributed by atoms with E-state index in [0.717, 1.165) is 11.1 Å². The van der Waals surface area contributed by atoms with E-state index in [9.17, 15) is 0 Å². The first-order chi connectivity index (χ1) is 7.85. The molecular formula is C13H10N2O. The SMILES string of the molecule is [C-]#[N+]c1ccccc1-c1ccc(OC)nc1. The maximum absolute atomic E-state index is 7.09. The fraction of sp³-hybridized carbons (Fsp3) is 0.0769. The fourth-order valence-corrected chi connectivity index (χ4v) is 1.48. The summed E-state index contributed by atoms with van der Waals surface area (Å²) < 4.78 is 4.99. The van der Waals surface area contributed by atoms with Gasteiger partial charge < -0.3 is 4.74 Å². The van der Waals surface area contributed by atoms with Crippen LogP contribution in [0.4, 0.5) is 5.69 Å². The standard InChI is InChI=1S/C13H10N2O/c1-14-12-6-4-3-5-11(12)10-7-8-13(16-2)15-9-10/h3-9H,2H3. The number of nitrogens with zero attached hydrogens (tertiary/aromatic N) is 2. The second-order valence-electron chi connectivity index (χ2n) is 3.22. The number of para-hydroxylation sites is 1. The topological polar surface area (TPSA) is 26.5 Å². The summed E-state index contributed by atoms with van der Waals surface area (Å²) in [4.78, 5) is 7.60. The van der Waals surface area contributed by atoms with Gasteiger partial charge in [0.15, 0.2) is 5.69 Å². The van der Waals surface area contributed by atoms with Gasteiger partial charge in [0.25, 0.3) is 0 Å². The Labute approximate surface area is 94.2 Å². The highest BCUT2D eigenvalue weighted by atomic mass is 16.5. The molecule has 0 radical (unpaired) electrons. The molecule has 0 aliphatic rings. The lowest BCUT2D eigenvalue weighted by Crippen LogP contribution is -1.87. The zero-order valence-electron chi connectivity index (χ0n) is 8.84. The quantitative estimate of drug-likeness (QED) is 0.711. The van der Waals surface area contributed by atoms with Crippen LogP contribution in [0.2, 0.25) is 0 Å². The van der Waals surface area contributed by atoms with E-state index in [-0.39, 0.29) is 0 Å². The van der Waals surface area contributed by atoms with Crippen LogP contribution in [0.5, 0.6) is 5.88 Å². The third-order valence-corrected chi connectivity index (χ3v) is 2.28. The van der Waals surface area contributed by atoms with Crippen LogP contribution < -0.4 is 4.74 Å². The number of rotatable bonds is 2. The van der Waals surface area contributed by atoms with Crippen molar-refractivity contribution in [2.45, 2.75) is 0 Å². The first kappa shape index (κ1) is 10.2. The van der Waals surface area contributed by atoms with Crippen LogP contribution in [-0.4, -0.2) is 12.1 Å². The molecule has 0 unspecified atom stereocenters. The van der Waals surface area contributed by atoms with Crippen LogP contribution >= 0.6 is 0 Å². The fourth-order valence-electron chi connectivity index (χ4n) is 1.48. The van der Waals surface area contributed by atoms with E-state index in [4.69, 9.17) is 11.3 Å². The van der Waals surface area contributed by atoms with Crippen LogP contribution in [-0.2, 0) is 0 Å². The molecule has 0 atom stereocenters. The van der Waals surface area contributed by atoms with Crippen molar-refractivity contribution in [3.8, 4) is 17.0 Å². The Balaban J connectivity index is 2.47. The van der Waals surface area contributed by atoms with E-state index in [1.54, 1.807) is 25.4 Å². The van der Waals surface area contributed by atoms with E-state index < -0.39 is 0 Å². The molecule has 0 saturated carbocycles. The molecule has 2 rings (SSSR count). The zero-order chi connectivity index (χ0) is 11.4. The van der Waals surface area contributed by atoms with Crippen molar-refractivity contribution in [2.24, 2.45) is 0 Å². The van der Waals surface area contributed by atoms with Gasteiger partial charge in [-0.05, 0) is 17.2 Å². The Kier molecular flexibility index (Phi) is 2.84. The van der Waals surface area contributed by atoms with Crippen molar-refractivity contribution in [1.29, 1.82) is 0 Å². The molecule has 3 nitrogen and oxygen atoms in total. The van der Waals surface area contributed by atoms with Crippen molar-refractivity contribution >= 4 is 5.69 Å². The van der Waals surface area contributed by atoms with Crippen molar-refractivity contribution in [3.05, 3.63) is 54.0 Å². The molecule has 3 heteroatoms. The summed E-state index contributed by atoms with van der Waals surface area (Å²) in [5.41, 5.74) is 2.45. The number of hydrogen-bond donors (Lipinski definition) is 0. The minimum atomic E-state index is 0.573. The molecular weight excluding hydrogens is 200 g/mol. The Hall–Kier alpha value is -2.34. The normalized spacial score (nSPS) is 9.50. The lowest BCUT2D eigenvalue weighted by Gasteiger charge is -2.04. The van der Waals surface area contributed by atoms with Gasteiger partial charge in [-0.25, -0.2) is 9.83 Å². The Bertz CT molecular complexity index is 526. The molecule has 0 spiro atoms. The smallest absolute Gasteiger partial charge is 0.212 e. The summed E-state index contributed by atoms with van der Waals surface area (Å²) in [6, 6.07) is 11.2. The van der Waals surface area contributed by atoms with Crippen molar-refractivity contribution in [1.82, 2.24) is 4.98 Å². The molecule has 0 fully saturated rings. The van der Waals surface area contributed by atoms with E-state index in [1.807, 2.05) is 24.3 Å². The lowest BCUT2D eigenvalue weighted by atomic mass is 10.1. The van der Waals surface area contributed by atoms with Gasteiger partial charge in [0, 0.05) is 12.3 Å². The summed E-state index contributed by atoms with van der Waals surface area (Å²) >= 11 is 0. The summed E-state index contributed by atoms with van der Waals surface area (Å²) in [6.07, 6.45) is 1.71. The van der Waals surface area contributed by atoms with Gasteiger partial charge in [-0.15, -0.1) is 0 Å². The van der Waals surface area contributed by atoms with E-state index >= 15 is 0 Å². The molecule has 0 saturated heterocycles. The van der Waals surface area contributed by atoms with E-state index in [0.29, 0.717) is 11.6 Å². The van der Waals surface area contributed by atoms with Gasteiger partial charge in [-0.3, -0.25) is 0 Å². The van der Waals surface area contributed by atoms with Gasteiger partial charge in [-0.2, -0.15) is 0 Å². The third-order valence-electron chi connectivity index (χ3n) is 2.28. The molecule has 1 aromatic heterocycles. The van der Waals surface area contributed by atoms with Gasteiger partial charge in [-0.1, -0.05) is 24.3 Å². The average molecular weight is 210 g/mol. The number of benzene rings is 1. The maximum atomic E-state index is 7.09. The first-order valence-electron chi connectivity index (χ1n) is 4.82. The van der Waals surface area contributed by atoms with Crippen LogP contribution in [0, 0.1) is 6.57 Å². The maximum Gasteiger partial charge on any atom is 0.212 e. The number of methoxy groups -OCH3 is 1. The highest BCUT2D eigenvalue weighted by Crippen LogP contribution is 2.29. The molecule has 2 aromatic rings. The second kappa shape index (κ2) is 4.45. The van der Waals surface area contributed by atoms with E-state index in [2.05, 4.69) is 9.83 Å². The molecule has 0 aliphatic carbocycles. The zero-order valence-corrected chi connectivity index (χ0v) is 8.84. The predicted molar refractivity (Wildman–Crippen MR) is 62.5 cm³/mol. The second-order valence-corrected chi connectivity index (χ2v) is 3.22. The summed E-state index contributed by atoms with van der Waals surface area (Å²) in [5.74, 6) is 0.573. The highest BCUT2D eigenvalue weighted by molar-refractivity contribution is 5.77. The molecule has 1 heterocycles. The molecule has 0 N–H and O–H groups in total. The molecule has 16 heavy (non-hydrogen) atoms. The minimum absolute atomic E-state index is 0.573. The summed E-state index contributed by atoms with van der Waals surface area (Å²) in [7, 11) is 1.58. The van der Waals surface area contributed by atoms with Crippen LogP contribution in [0.3, 0.4) is 0 Å². The Morgan fingerprint density at radius 3 is 2.62 bits per heavy atom. The molecule has 0 amide bonds. The summed E-state index contributed by atoms with van der Waals surface area (Å²) in [6.45, 7) is 7.09. The van der Waals surface area contributed by atoms with Gasteiger partial charge in [0.2, 0.25) is 5.88 Å². The molecule has 1 aromatic carbocycles. The molecule has 0 bridgehead atoms. The minimum Gasteiger partial charge on any atom is -0.481 e. The summed E-state index contributed by atoms with van der Waals surface area (Å²) in [5, 5.41) is 0. The number of pyridine rings is 1. The largest absolute Gasteiger partial charge is 0.481 e.